The zero-order valence-corrected chi connectivity index (χ0v) is 8.53. The second-order valence-corrected chi connectivity index (χ2v) is 3.52. The summed E-state index contributed by atoms with van der Waals surface area (Å²) < 4.78 is 1.92. The highest BCUT2D eigenvalue weighted by Crippen LogP contribution is 2.12. The third-order valence-electron chi connectivity index (χ3n) is 2.48. The van der Waals surface area contributed by atoms with E-state index < -0.39 is 0 Å². The summed E-state index contributed by atoms with van der Waals surface area (Å²) >= 11 is 0. The second kappa shape index (κ2) is 4.37. The number of piperidine rings is 1. The van der Waals surface area contributed by atoms with E-state index in [0.717, 1.165) is 25.5 Å². The lowest BCUT2D eigenvalue weighted by Gasteiger charge is -2.14. The Morgan fingerprint density at radius 3 is 3.29 bits per heavy atom. The van der Waals surface area contributed by atoms with Gasteiger partial charge in [-0.15, -0.1) is 0 Å². The highest BCUT2D eigenvalue weighted by Gasteiger charge is 2.06. The summed E-state index contributed by atoms with van der Waals surface area (Å²) in [6.45, 7) is 5.09. The molecule has 1 fully saturated rings. The zero-order valence-electron chi connectivity index (χ0n) is 8.53. The van der Waals surface area contributed by atoms with E-state index in [4.69, 9.17) is 0 Å². The Balaban J connectivity index is 2.14. The molecule has 0 aliphatic carbocycles. The standard InChI is InChI=1S/C10H16N4/c1-2-14-10(12-8-13-14)6-9-4-3-5-11-7-9/h6,8,11H,2-5,7H2,1H3. The van der Waals surface area contributed by atoms with Gasteiger partial charge < -0.3 is 5.32 Å². The van der Waals surface area contributed by atoms with Crippen LogP contribution in [0.15, 0.2) is 11.9 Å². The van der Waals surface area contributed by atoms with E-state index in [1.165, 1.54) is 18.4 Å². The SMILES string of the molecule is CCn1ncnc1C=C1CCCNC1. The maximum atomic E-state index is 4.23. The molecular weight excluding hydrogens is 176 g/mol. The van der Waals surface area contributed by atoms with Gasteiger partial charge in [-0.1, -0.05) is 5.57 Å². The summed E-state index contributed by atoms with van der Waals surface area (Å²) in [6, 6.07) is 0. The van der Waals surface area contributed by atoms with Crippen molar-refractivity contribution in [2.45, 2.75) is 26.3 Å². The minimum atomic E-state index is 0.881. The van der Waals surface area contributed by atoms with Crippen LogP contribution in [0.3, 0.4) is 0 Å². The number of hydrogen-bond donors (Lipinski definition) is 1. The maximum Gasteiger partial charge on any atom is 0.150 e. The predicted octanol–water partition coefficient (Wildman–Crippen LogP) is 1.06. The fraction of sp³-hybridized carbons (Fsp3) is 0.600. The number of aryl methyl sites for hydroxylation is 1. The number of rotatable bonds is 2. The van der Waals surface area contributed by atoms with Crippen molar-refractivity contribution in [2.75, 3.05) is 13.1 Å². The molecular formula is C10H16N4. The van der Waals surface area contributed by atoms with E-state index in [1.54, 1.807) is 6.33 Å². The summed E-state index contributed by atoms with van der Waals surface area (Å²) in [4.78, 5) is 4.23. The molecule has 0 unspecified atom stereocenters. The van der Waals surface area contributed by atoms with Gasteiger partial charge in [0.25, 0.3) is 0 Å². The van der Waals surface area contributed by atoms with Crippen LogP contribution in [0.4, 0.5) is 0 Å². The van der Waals surface area contributed by atoms with Crippen LogP contribution in [-0.4, -0.2) is 27.9 Å². The van der Waals surface area contributed by atoms with Gasteiger partial charge in [-0.05, 0) is 32.4 Å². The molecule has 1 aliphatic heterocycles. The van der Waals surface area contributed by atoms with Gasteiger partial charge in [-0.25, -0.2) is 9.67 Å². The van der Waals surface area contributed by atoms with Crippen molar-refractivity contribution in [1.82, 2.24) is 20.1 Å². The molecule has 1 aliphatic rings. The summed E-state index contributed by atoms with van der Waals surface area (Å²) in [5.41, 5.74) is 1.43. The molecule has 4 heteroatoms. The summed E-state index contributed by atoms with van der Waals surface area (Å²) in [5.74, 6) is 0.978. The van der Waals surface area contributed by atoms with Gasteiger partial charge in [0.2, 0.25) is 0 Å². The van der Waals surface area contributed by atoms with Crippen molar-refractivity contribution >= 4 is 6.08 Å². The van der Waals surface area contributed by atoms with Crippen LogP contribution in [0.1, 0.15) is 25.6 Å². The highest BCUT2D eigenvalue weighted by atomic mass is 15.3. The van der Waals surface area contributed by atoms with Crippen LogP contribution in [0.25, 0.3) is 6.08 Å². The third kappa shape index (κ3) is 2.01. The zero-order chi connectivity index (χ0) is 9.80. The van der Waals surface area contributed by atoms with Crippen LogP contribution < -0.4 is 5.32 Å². The van der Waals surface area contributed by atoms with Crippen molar-refractivity contribution < 1.29 is 0 Å². The van der Waals surface area contributed by atoms with E-state index in [1.807, 2.05) is 4.68 Å². The number of hydrogen-bond acceptors (Lipinski definition) is 3. The lowest BCUT2D eigenvalue weighted by molar-refractivity contribution is 0.610. The van der Waals surface area contributed by atoms with E-state index >= 15 is 0 Å². The first-order chi connectivity index (χ1) is 6.90. The monoisotopic (exact) mass is 192 g/mol. The molecule has 2 heterocycles. The molecule has 0 atom stereocenters. The molecule has 0 bridgehead atoms. The third-order valence-corrected chi connectivity index (χ3v) is 2.48. The lowest BCUT2D eigenvalue weighted by atomic mass is 10.1. The van der Waals surface area contributed by atoms with E-state index in [2.05, 4.69) is 28.4 Å². The van der Waals surface area contributed by atoms with Crippen LogP contribution in [0.5, 0.6) is 0 Å². The van der Waals surface area contributed by atoms with E-state index in [0.29, 0.717) is 0 Å². The molecule has 0 aromatic carbocycles. The fourth-order valence-electron chi connectivity index (χ4n) is 1.71. The molecule has 1 saturated heterocycles. The summed E-state index contributed by atoms with van der Waals surface area (Å²) in [7, 11) is 0. The maximum absolute atomic E-state index is 4.23. The fourth-order valence-corrected chi connectivity index (χ4v) is 1.71. The van der Waals surface area contributed by atoms with Crippen molar-refractivity contribution in [1.29, 1.82) is 0 Å². The van der Waals surface area contributed by atoms with Gasteiger partial charge >= 0.3 is 0 Å². The smallest absolute Gasteiger partial charge is 0.150 e. The Morgan fingerprint density at radius 1 is 1.64 bits per heavy atom. The molecule has 1 aromatic rings. The van der Waals surface area contributed by atoms with Gasteiger partial charge in [-0.3, -0.25) is 0 Å². The average molecular weight is 192 g/mol. The first-order valence-corrected chi connectivity index (χ1v) is 5.18. The van der Waals surface area contributed by atoms with Crippen LogP contribution in [-0.2, 0) is 6.54 Å². The Labute approximate surface area is 84.0 Å². The molecule has 14 heavy (non-hydrogen) atoms. The molecule has 1 aromatic heterocycles. The molecule has 76 valence electrons. The molecule has 0 radical (unpaired) electrons. The van der Waals surface area contributed by atoms with Crippen molar-refractivity contribution in [3.05, 3.63) is 17.7 Å². The van der Waals surface area contributed by atoms with Gasteiger partial charge in [-0.2, -0.15) is 5.10 Å². The van der Waals surface area contributed by atoms with Crippen LogP contribution in [0.2, 0.25) is 0 Å². The van der Waals surface area contributed by atoms with Gasteiger partial charge in [0.05, 0.1) is 0 Å². The van der Waals surface area contributed by atoms with Crippen molar-refractivity contribution in [3.63, 3.8) is 0 Å². The van der Waals surface area contributed by atoms with Crippen LogP contribution in [0, 0.1) is 0 Å². The summed E-state index contributed by atoms with van der Waals surface area (Å²) in [5, 5.41) is 7.50. The minimum Gasteiger partial charge on any atom is -0.313 e. The molecule has 4 nitrogen and oxygen atoms in total. The Kier molecular flexibility index (Phi) is 2.93. The predicted molar refractivity (Wildman–Crippen MR) is 55.8 cm³/mol. The first kappa shape index (κ1) is 9.40. The normalized spacial score (nSPS) is 20.2. The van der Waals surface area contributed by atoms with Gasteiger partial charge in [0.15, 0.2) is 5.82 Å². The number of nitrogens with zero attached hydrogens (tertiary/aromatic N) is 3. The number of aromatic nitrogens is 3. The Morgan fingerprint density at radius 2 is 2.57 bits per heavy atom. The molecule has 0 amide bonds. The molecule has 1 N–H and O–H groups in total. The largest absolute Gasteiger partial charge is 0.313 e. The second-order valence-electron chi connectivity index (χ2n) is 3.52. The number of nitrogens with one attached hydrogen (secondary N) is 1. The highest BCUT2D eigenvalue weighted by molar-refractivity contribution is 5.46. The summed E-state index contributed by atoms with van der Waals surface area (Å²) in [6.07, 6.45) is 6.18. The van der Waals surface area contributed by atoms with Crippen LogP contribution >= 0.6 is 0 Å². The Hall–Kier alpha value is -1.16. The quantitative estimate of drug-likeness (QED) is 0.762. The average Bonchev–Trinajstić information content (AvgIpc) is 2.67. The van der Waals surface area contributed by atoms with Gasteiger partial charge in [0.1, 0.15) is 6.33 Å². The first-order valence-electron chi connectivity index (χ1n) is 5.18. The lowest BCUT2D eigenvalue weighted by Crippen LogP contribution is -2.23. The topological polar surface area (TPSA) is 42.7 Å². The Bertz CT molecular complexity index is 319. The van der Waals surface area contributed by atoms with Gasteiger partial charge in [0, 0.05) is 13.1 Å². The van der Waals surface area contributed by atoms with E-state index in [-0.39, 0.29) is 0 Å². The molecule has 2 rings (SSSR count). The van der Waals surface area contributed by atoms with Crippen molar-refractivity contribution in [3.8, 4) is 0 Å². The van der Waals surface area contributed by atoms with Crippen molar-refractivity contribution in [2.24, 2.45) is 0 Å². The molecule has 0 saturated carbocycles. The van der Waals surface area contributed by atoms with E-state index in [9.17, 15) is 0 Å². The minimum absolute atomic E-state index is 0.881. The molecule has 0 spiro atoms.